The number of benzene rings is 6. The maximum atomic E-state index is 5.13. The molecule has 3 heteroatoms. The molecule has 0 saturated heterocycles. The molecule has 0 bridgehead atoms. The highest BCUT2D eigenvalue weighted by Gasteiger charge is 2.16. The SMILES string of the molecule is Cc1cc(C)cc(-c2nc(-c3cc(C)cc(C)c3)nc(-c3cc(-c4ccccc4)cc(-c4ccc(-c5ccccc5)cc4)c3)n2)c1. The molecule has 46 heavy (non-hydrogen) atoms. The van der Waals surface area contributed by atoms with Crippen molar-refractivity contribution >= 4 is 0 Å². The van der Waals surface area contributed by atoms with Crippen LogP contribution in [0.15, 0.2) is 140 Å². The Morgan fingerprint density at radius 3 is 0.935 bits per heavy atom. The highest BCUT2D eigenvalue weighted by molar-refractivity contribution is 5.81. The van der Waals surface area contributed by atoms with Crippen LogP contribution in [0.25, 0.3) is 67.5 Å². The molecule has 1 heterocycles. The van der Waals surface area contributed by atoms with E-state index in [1.165, 1.54) is 33.4 Å². The summed E-state index contributed by atoms with van der Waals surface area (Å²) in [5.74, 6) is 1.99. The van der Waals surface area contributed by atoms with E-state index >= 15 is 0 Å². The van der Waals surface area contributed by atoms with E-state index in [1.54, 1.807) is 0 Å². The minimum Gasteiger partial charge on any atom is -0.208 e. The van der Waals surface area contributed by atoms with Crippen LogP contribution in [-0.4, -0.2) is 15.0 Å². The predicted octanol–water partition coefficient (Wildman–Crippen LogP) is 11.1. The maximum absolute atomic E-state index is 5.13. The quantitative estimate of drug-likeness (QED) is 0.192. The molecular formula is C43H35N3. The highest BCUT2D eigenvalue weighted by atomic mass is 15.0. The minimum absolute atomic E-state index is 0.651. The Bertz CT molecular complexity index is 2060. The fraction of sp³-hybridized carbons (Fsp3) is 0.0930. The molecule has 0 atom stereocenters. The average molecular weight is 594 g/mol. The molecule has 0 fully saturated rings. The van der Waals surface area contributed by atoms with Crippen molar-refractivity contribution in [1.82, 2.24) is 15.0 Å². The van der Waals surface area contributed by atoms with Gasteiger partial charge in [-0.3, -0.25) is 0 Å². The zero-order valence-corrected chi connectivity index (χ0v) is 26.6. The number of nitrogens with zero attached hydrogens (tertiary/aromatic N) is 3. The van der Waals surface area contributed by atoms with E-state index in [9.17, 15) is 0 Å². The molecule has 0 amide bonds. The van der Waals surface area contributed by atoms with Gasteiger partial charge in [0.1, 0.15) is 0 Å². The van der Waals surface area contributed by atoms with E-state index in [-0.39, 0.29) is 0 Å². The summed E-state index contributed by atoms with van der Waals surface area (Å²) in [5.41, 5.74) is 14.5. The molecule has 0 aliphatic carbocycles. The Labute approximate surface area is 271 Å². The lowest BCUT2D eigenvalue weighted by molar-refractivity contribution is 1.07. The van der Waals surface area contributed by atoms with E-state index in [1.807, 2.05) is 6.07 Å². The van der Waals surface area contributed by atoms with Crippen LogP contribution in [0.2, 0.25) is 0 Å². The lowest BCUT2D eigenvalue weighted by Gasteiger charge is -2.13. The van der Waals surface area contributed by atoms with Gasteiger partial charge < -0.3 is 0 Å². The summed E-state index contributed by atoms with van der Waals surface area (Å²) in [6, 6.07) is 49.4. The second kappa shape index (κ2) is 12.4. The summed E-state index contributed by atoms with van der Waals surface area (Å²) in [7, 11) is 0. The molecule has 0 radical (unpaired) electrons. The fourth-order valence-electron chi connectivity index (χ4n) is 6.18. The van der Waals surface area contributed by atoms with Crippen LogP contribution >= 0.6 is 0 Å². The predicted molar refractivity (Wildman–Crippen MR) is 191 cm³/mol. The van der Waals surface area contributed by atoms with Gasteiger partial charge in [0.2, 0.25) is 0 Å². The van der Waals surface area contributed by atoms with Crippen LogP contribution in [0.5, 0.6) is 0 Å². The molecule has 0 unspecified atom stereocenters. The van der Waals surface area contributed by atoms with Crippen LogP contribution in [-0.2, 0) is 0 Å². The van der Waals surface area contributed by atoms with Crippen LogP contribution in [0.4, 0.5) is 0 Å². The molecule has 0 aliphatic rings. The topological polar surface area (TPSA) is 38.7 Å². The largest absolute Gasteiger partial charge is 0.208 e. The van der Waals surface area contributed by atoms with Gasteiger partial charge in [-0.1, -0.05) is 119 Å². The van der Waals surface area contributed by atoms with Crippen molar-refractivity contribution in [2.45, 2.75) is 27.7 Å². The average Bonchev–Trinajstić information content (AvgIpc) is 3.08. The summed E-state index contributed by atoms with van der Waals surface area (Å²) in [4.78, 5) is 15.3. The molecule has 0 aliphatic heterocycles. The Balaban J connectivity index is 1.42. The van der Waals surface area contributed by atoms with Crippen molar-refractivity contribution in [3.63, 3.8) is 0 Å². The molecule has 7 rings (SSSR count). The zero-order chi connectivity index (χ0) is 31.6. The van der Waals surface area contributed by atoms with Crippen molar-refractivity contribution in [2.75, 3.05) is 0 Å². The normalized spacial score (nSPS) is 11.0. The summed E-state index contributed by atoms with van der Waals surface area (Å²) >= 11 is 0. The summed E-state index contributed by atoms with van der Waals surface area (Å²) in [5, 5.41) is 0. The lowest BCUT2D eigenvalue weighted by Crippen LogP contribution is -2.01. The number of hydrogen-bond donors (Lipinski definition) is 0. The Morgan fingerprint density at radius 2 is 0.543 bits per heavy atom. The molecule has 3 nitrogen and oxygen atoms in total. The standard InChI is InChI=1S/C43H35N3/c1-28-19-29(2)22-38(21-28)41-44-42(39-23-30(3)20-31(4)24-39)46-43(45-41)40-26-36(33-13-9-6-10-14-33)25-37(27-40)35-17-15-34(16-18-35)32-11-7-5-8-12-32/h5-27H,1-4H3. The van der Waals surface area contributed by atoms with Crippen LogP contribution in [0.1, 0.15) is 22.3 Å². The third-order valence-corrected chi connectivity index (χ3v) is 8.22. The number of aromatic nitrogens is 3. The summed E-state index contributed by atoms with van der Waals surface area (Å²) in [6.45, 7) is 8.45. The molecule has 6 aromatic carbocycles. The third-order valence-electron chi connectivity index (χ3n) is 8.22. The third kappa shape index (κ3) is 6.27. The number of rotatable bonds is 6. The molecule has 7 aromatic rings. The van der Waals surface area contributed by atoms with Crippen LogP contribution in [0.3, 0.4) is 0 Å². The first-order valence-electron chi connectivity index (χ1n) is 15.7. The van der Waals surface area contributed by atoms with E-state index in [0.29, 0.717) is 17.5 Å². The fourth-order valence-corrected chi connectivity index (χ4v) is 6.18. The van der Waals surface area contributed by atoms with Gasteiger partial charge in [-0.2, -0.15) is 0 Å². The number of hydrogen-bond acceptors (Lipinski definition) is 3. The highest BCUT2D eigenvalue weighted by Crippen LogP contribution is 2.34. The van der Waals surface area contributed by atoms with Gasteiger partial charge in [-0.05, 0) is 104 Å². The van der Waals surface area contributed by atoms with E-state index < -0.39 is 0 Å². The Kier molecular flexibility index (Phi) is 7.82. The summed E-state index contributed by atoms with van der Waals surface area (Å²) < 4.78 is 0. The molecule has 222 valence electrons. The van der Waals surface area contributed by atoms with Crippen molar-refractivity contribution in [3.05, 3.63) is 162 Å². The molecule has 0 N–H and O–H groups in total. The maximum Gasteiger partial charge on any atom is 0.164 e. The second-order valence-electron chi connectivity index (χ2n) is 12.2. The molecule has 1 aromatic heterocycles. The first-order chi connectivity index (χ1) is 22.4. The monoisotopic (exact) mass is 593 g/mol. The van der Waals surface area contributed by atoms with Crippen molar-refractivity contribution < 1.29 is 0 Å². The summed E-state index contributed by atoms with van der Waals surface area (Å²) in [6.07, 6.45) is 0. The Hall–Kier alpha value is -5.67. The van der Waals surface area contributed by atoms with Gasteiger partial charge in [-0.15, -0.1) is 0 Å². The molecule has 0 saturated carbocycles. The lowest BCUT2D eigenvalue weighted by atomic mass is 9.94. The van der Waals surface area contributed by atoms with E-state index in [2.05, 4.69) is 161 Å². The first-order valence-corrected chi connectivity index (χ1v) is 15.7. The van der Waals surface area contributed by atoms with Crippen LogP contribution in [0, 0.1) is 27.7 Å². The van der Waals surface area contributed by atoms with Gasteiger partial charge >= 0.3 is 0 Å². The van der Waals surface area contributed by atoms with Gasteiger partial charge in [0.15, 0.2) is 17.5 Å². The van der Waals surface area contributed by atoms with Gasteiger partial charge in [-0.25, -0.2) is 15.0 Å². The minimum atomic E-state index is 0.651. The van der Waals surface area contributed by atoms with Gasteiger partial charge in [0, 0.05) is 16.7 Å². The smallest absolute Gasteiger partial charge is 0.164 e. The molecular weight excluding hydrogens is 558 g/mol. The van der Waals surface area contributed by atoms with Gasteiger partial charge in [0.05, 0.1) is 0 Å². The van der Waals surface area contributed by atoms with Gasteiger partial charge in [0.25, 0.3) is 0 Å². The van der Waals surface area contributed by atoms with Crippen molar-refractivity contribution in [2.24, 2.45) is 0 Å². The first kappa shape index (κ1) is 29.1. The van der Waals surface area contributed by atoms with E-state index in [0.717, 1.165) is 38.9 Å². The molecule has 0 spiro atoms. The number of aryl methyl sites for hydroxylation is 4. The van der Waals surface area contributed by atoms with Crippen molar-refractivity contribution in [3.8, 4) is 67.5 Å². The van der Waals surface area contributed by atoms with Crippen LogP contribution < -0.4 is 0 Å². The second-order valence-corrected chi connectivity index (χ2v) is 12.2. The Morgan fingerprint density at radius 1 is 0.261 bits per heavy atom. The zero-order valence-electron chi connectivity index (χ0n) is 26.6. The van der Waals surface area contributed by atoms with E-state index in [4.69, 9.17) is 15.0 Å². The van der Waals surface area contributed by atoms with Crippen molar-refractivity contribution in [1.29, 1.82) is 0 Å².